The number of carbonyl (C=O) groups excluding carboxylic acids is 1. The zero-order valence-corrected chi connectivity index (χ0v) is 15.0. The van der Waals surface area contributed by atoms with Crippen molar-refractivity contribution in [3.63, 3.8) is 0 Å². The van der Waals surface area contributed by atoms with Gasteiger partial charge in [0, 0.05) is 28.4 Å². The SMILES string of the molecule is COc1ccncc1CCCc1c(Cl)ccc2c(N)c(C(N)=O)nnc12. The Bertz CT molecular complexity index is 977. The van der Waals surface area contributed by atoms with E-state index < -0.39 is 5.91 Å². The second-order valence-corrected chi connectivity index (χ2v) is 6.20. The molecule has 0 saturated heterocycles. The lowest BCUT2D eigenvalue weighted by molar-refractivity contribution is 0.0996. The number of aryl methyl sites for hydroxylation is 2. The highest BCUT2D eigenvalue weighted by molar-refractivity contribution is 6.32. The topological polar surface area (TPSA) is 117 Å². The van der Waals surface area contributed by atoms with Crippen LogP contribution < -0.4 is 16.2 Å². The maximum Gasteiger partial charge on any atom is 0.271 e. The molecule has 2 aromatic heterocycles. The monoisotopic (exact) mass is 371 g/mol. The van der Waals surface area contributed by atoms with Crippen molar-refractivity contribution in [2.24, 2.45) is 5.73 Å². The minimum atomic E-state index is -0.711. The van der Waals surface area contributed by atoms with Gasteiger partial charge in [-0.1, -0.05) is 11.6 Å². The largest absolute Gasteiger partial charge is 0.496 e. The molecule has 26 heavy (non-hydrogen) atoms. The smallest absolute Gasteiger partial charge is 0.271 e. The van der Waals surface area contributed by atoms with Gasteiger partial charge in [0.15, 0.2) is 5.69 Å². The van der Waals surface area contributed by atoms with Gasteiger partial charge in [0.25, 0.3) is 5.91 Å². The number of nitrogens with zero attached hydrogens (tertiary/aromatic N) is 3. The third-order valence-corrected chi connectivity index (χ3v) is 4.56. The van der Waals surface area contributed by atoms with Crippen molar-refractivity contribution in [2.75, 3.05) is 12.8 Å². The summed E-state index contributed by atoms with van der Waals surface area (Å²) in [6, 6.07) is 5.30. The number of hydrogen-bond acceptors (Lipinski definition) is 6. The van der Waals surface area contributed by atoms with Crippen LogP contribution in [-0.2, 0) is 12.8 Å². The molecule has 1 amide bonds. The average Bonchev–Trinajstić information content (AvgIpc) is 2.63. The highest BCUT2D eigenvalue weighted by Gasteiger charge is 2.16. The van der Waals surface area contributed by atoms with Gasteiger partial charge < -0.3 is 16.2 Å². The summed E-state index contributed by atoms with van der Waals surface area (Å²) in [6.07, 6.45) is 5.73. The average molecular weight is 372 g/mol. The van der Waals surface area contributed by atoms with Crippen LogP contribution in [0.5, 0.6) is 5.75 Å². The molecule has 3 rings (SSSR count). The number of nitrogen functional groups attached to an aromatic ring is 1. The molecular weight excluding hydrogens is 354 g/mol. The summed E-state index contributed by atoms with van der Waals surface area (Å²) < 4.78 is 5.34. The summed E-state index contributed by atoms with van der Waals surface area (Å²) in [7, 11) is 1.63. The highest BCUT2D eigenvalue weighted by atomic mass is 35.5. The third kappa shape index (κ3) is 3.39. The van der Waals surface area contributed by atoms with Crippen molar-refractivity contribution in [3.8, 4) is 5.75 Å². The first-order chi connectivity index (χ1) is 12.5. The maximum atomic E-state index is 11.4. The van der Waals surface area contributed by atoms with Crippen LogP contribution in [0.1, 0.15) is 28.0 Å². The highest BCUT2D eigenvalue weighted by Crippen LogP contribution is 2.30. The van der Waals surface area contributed by atoms with E-state index in [2.05, 4.69) is 15.2 Å². The maximum absolute atomic E-state index is 11.4. The fourth-order valence-electron chi connectivity index (χ4n) is 2.90. The molecule has 0 aliphatic heterocycles. The van der Waals surface area contributed by atoms with E-state index in [-0.39, 0.29) is 11.4 Å². The molecule has 0 fully saturated rings. The van der Waals surface area contributed by atoms with E-state index in [9.17, 15) is 4.79 Å². The Morgan fingerprint density at radius 1 is 1.23 bits per heavy atom. The minimum absolute atomic E-state index is 0.0362. The van der Waals surface area contributed by atoms with E-state index in [1.165, 1.54) is 0 Å². The van der Waals surface area contributed by atoms with Crippen LogP contribution >= 0.6 is 11.6 Å². The Balaban J connectivity index is 1.89. The zero-order chi connectivity index (χ0) is 18.7. The zero-order valence-electron chi connectivity index (χ0n) is 14.2. The van der Waals surface area contributed by atoms with E-state index in [0.29, 0.717) is 22.3 Å². The van der Waals surface area contributed by atoms with E-state index in [0.717, 1.165) is 29.7 Å². The Morgan fingerprint density at radius 3 is 2.77 bits per heavy atom. The Hall–Kier alpha value is -2.93. The Kier molecular flexibility index (Phi) is 5.18. The molecule has 0 aliphatic rings. The van der Waals surface area contributed by atoms with Crippen molar-refractivity contribution < 1.29 is 9.53 Å². The quantitative estimate of drug-likeness (QED) is 0.687. The van der Waals surface area contributed by atoms with Gasteiger partial charge >= 0.3 is 0 Å². The first-order valence-corrected chi connectivity index (χ1v) is 8.40. The third-order valence-electron chi connectivity index (χ3n) is 4.21. The number of ether oxygens (including phenoxy) is 1. The molecule has 3 aromatic rings. The van der Waals surface area contributed by atoms with Crippen LogP contribution in [0.3, 0.4) is 0 Å². The Labute approximate surface area is 155 Å². The van der Waals surface area contributed by atoms with Gasteiger partial charge in [-0.05, 0) is 43.0 Å². The number of pyridine rings is 1. The number of fused-ring (bicyclic) bond motifs is 1. The van der Waals surface area contributed by atoms with E-state index in [1.54, 1.807) is 31.6 Å². The number of benzene rings is 1. The fourth-order valence-corrected chi connectivity index (χ4v) is 3.15. The summed E-state index contributed by atoms with van der Waals surface area (Å²) in [5, 5.41) is 9.19. The van der Waals surface area contributed by atoms with Crippen LogP contribution in [0.2, 0.25) is 5.02 Å². The summed E-state index contributed by atoms with van der Waals surface area (Å²) in [4.78, 5) is 15.5. The molecule has 0 saturated carbocycles. The van der Waals surface area contributed by atoms with Crippen LogP contribution in [0.4, 0.5) is 5.69 Å². The minimum Gasteiger partial charge on any atom is -0.496 e. The lowest BCUT2D eigenvalue weighted by Gasteiger charge is -2.11. The number of hydrogen-bond donors (Lipinski definition) is 2. The molecule has 1 aromatic carbocycles. The van der Waals surface area contributed by atoms with Gasteiger partial charge in [-0.3, -0.25) is 9.78 Å². The van der Waals surface area contributed by atoms with Crippen molar-refractivity contribution in [3.05, 3.63) is 52.4 Å². The number of halogens is 1. The van der Waals surface area contributed by atoms with Crippen LogP contribution in [0.25, 0.3) is 10.9 Å². The van der Waals surface area contributed by atoms with E-state index in [4.69, 9.17) is 27.8 Å². The van der Waals surface area contributed by atoms with Crippen molar-refractivity contribution >= 4 is 34.1 Å². The van der Waals surface area contributed by atoms with E-state index >= 15 is 0 Å². The molecule has 0 bridgehead atoms. The van der Waals surface area contributed by atoms with Gasteiger partial charge in [0.1, 0.15) is 5.75 Å². The first kappa shape index (κ1) is 17.9. The number of aromatic nitrogens is 3. The number of primary amides is 1. The number of anilines is 1. The van der Waals surface area contributed by atoms with Crippen LogP contribution in [-0.4, -0.2) is 28.2 Å². The number of methoxy groups -OCH3 is 1. The number of amides is 1. The molecule has 134 valence electrons. The molecule has 0 aliphatic carbocycles. The molecular formula is C18H18ClN5O2. The fraction of sp³-hybridized carbons (Fsp3) is 0.222. The van der Waals surface area contributed by atoms with Crippen LogP contribution in [0.15, 0.2) is 30.6 Å². The lowest BCUT2D eigenvalue weighted by Crippen LogP contribution is -2.17. The first-order valence-electron chi connectivity index (χ1n) is 8.02. The molecule has 4 N–H and O–H groups in total. The second-order valence-electron chi connectivity index (χ2n) is 5.79. The van der Waals surface area contributed by atoms with Gasteiger partial charge in [0.2, 0.25) is 0 Å². The predicted molar refractivity (Wildman–Crippen MR) is 100 cm³/mol. The molecule has 8 heteroatoms. The summed E-state index contributed by atoms with van der Waals surface area (Å²) in [5.74, 6) is 0.0937. The normalized spacial score (nSPS) is 10.8. The van der Waals surface area contributed by atoms with Crippen molar-refractivity contribution in [2.45, 2.75) is 19.3 Å². The number of carbonyl (C=O) groups is 1. The van der Waals surface area contributed by atoms with Crippen molar-refractivity contribution in [1.82, 2.24) is 15.2 Å². The summed E-state index contributed by atoms with van der Waals surface area (Å²) in [6.45, 7) is 0. The molecule has 0 radical (unpaired) electrons. The molecule has 7 nitrogen and oxygen atoms in total. The molecule has 2 heterocycles. The van der Waals surface area contributed by atoms with Crippen molar-refractivity contribution in [1.29, 1.82) is 0 Å². The molecule has 0 unspecified atom stereocenters. The summed E-state index contributed by atoms with van der Waals surface area (Å²) in [5.41, 5.74) is 13.9. The lowest BCUT2D eigenvalue weighted by atomic mass is 10.0. The standard InChI is InChI=1S/C18H18ClN5O2/c1-26-14-7-8-22-9-10(14)3-2-4-11-13(19)6-5-12-15(20)17(18(21)25)24-23-16(11)12/h5-9H,2-4H2,1H3,(H2,20,23)(H2,21,25). The Morgan fingerprint density at radius 2 is 2.04 bits per heavy atom. The second kappa shape index (κ2) is 7.53. The predicted octanol–water partition coefficient (Wildman–Crippen LogP) is 2.54. The van der Waals surface area contributed by atoms with Gasteiger partial charge in [-0.2, -0.15) is 0 Å². The van der Waals surface area contributed by atoms with Gasteiger partial charge in [0.05, 0.1) is 18.3 Å². The summed E-state index contributed by atoms with van der Waals surface area (Å²) >= 11 is 6.36. The van der Waals surface area contributed by atoms with E-state index in [1.807, 2.05) is 6.07 Å². The molecule has 0 atom stereocenters. The van der Waals surface area contributed by atoms with Gasteiger partial charge in [-0.15, -0.1) is 10.2 Å². The van der Waals surface area contributed by atoms with Gasteiger partial charge in [-0.25, -0.2) is 0 Å². The number of nitrogens with two attached hydrogens (primary N) is 2. The number of rotatable bonds is 6. The molecule has 0 spiro atoms. The van der Waals surface area contributed by atoms with Crippen LogP contribution in [0, 0.1) is 0 Å².